The molecule has 0 unspecified atom stereocenters. The van der Waals surface area contributed by atoms with Crippen LogP contribution in [0.3, 0.4) is 0 Å². The van der Waals surface area contributed by atoms with Crippen LogP contribution in [0.4, 0.5) is 0 Å². The fraction of sp³-hybridized carbons (Fsp3) is 0.200. The van der Waals surface area contributed by atoms with Gasteiger partial charge in [-0.3, -0.25) is 0 Å². The smallest absolute Gasteiger partial charge is 0.236 e. The summed E-state index contributed by atoms with van der Waals surface area (Å²) in [6.07, 6.45) is 2.79. The normalized spacial score (nSPS) is 12.1. The molecule has 1 heterocycles. The van der Waals surface area contributed by atoms with Crippen LogP contribution in [-0.2, 0) is 10.0 Å². The van der Waals surface area contributed by atoms with Crippen molar-refractivity contribution in [1.29, 1.82) is 0 Å². The Morgan fingerprint density at radius 3 is 2.57 bits per heavy atom. The Labute approximate surface area is 83.0 Å². The van der Waals surface area contributed by atoms with E-state index in [2.05, 4.69) is 0 Å². The van der Waals surface area contributed by atoms with E-state index in [0.717, 1.165) is 16.5 Å². The van der Waals surface area contributed by atoms with Crippen molar-refractivity contribution in [3.05, 3.63) is 36.0 Å². The molecule has 2 rings (SSSR count). The second-order valence-corrected chi connectivity index (χ2v) is 5.24. The second kappa shape index (κ2) is 2.85. The molecule has 0 aliphatic heterocycles. The highest BCUT2D eigenvalue weighted by Gasteiger charge is 2.09. The molecule has 74 valence electrons. The van der Waals surface area contributed by atoms with Crippen LogP contribution in [0, 0.1) is 6.92 Å². The van der Waals surface area contributed by atoms with Gasteiger partial charge in [0.05, 0.1) is 11.8 Å². The van der Waals surface area contributed by atoms with Crippen molar-refractivity contribution in [3.63, 3.8) is 0 Å². The zero-order valence-electron chi connectivity index (χ0n) is 8.06. The van der Waals surface area contributed by atoms with Gasteiger partial charge in [-0.25, -0.2) is 12.4 Å². The molecule has 0 amide bonds. The highest BCUT2D eigenvalue weighted by molar-refractivity contribution is 7.89. The first-order chi connectivity index (χ1) is 6.50. The molecule has 1 aromatic carbocycles. The molecule has 0 fully saturated rings. The van der Waals surface area contributed by atoms with E-state index in [1.807, 2.05) is 31.2 Å². The molecule has 0 bridgehead atoms. The van der Waals surface area contributed by atoms with Crippen LogP contribution >= 0.6 is 0 Å². The number of hydrogen-bond acceptors (Lipinski definition) is 2. The number of nitrogens with zero attached hydrogens (tertiary/aromatic N) is 1. The fourth-order valence-corrected chi connectivity index (χ4v) is 2.38. The quantitative estimate of drug-likeness (QED) is 0.717. The predicted octanol–water partition coefficient (Wildman–Crippen LogP) is 1.76. The monoisotopic (exact) mass is 209 g/mol. The van der Waals surface area contributed by atoms with Crippen LogP contribution in [0.1, 0.15) is 5.56 Å². The number of fused-ring (bicyclic) bond motifs is 1. The summed E-state index contributed by atoms with van der Waals surface area (Å²) in [5, 5.41) is 0.984. The van der Waals surface area contributed by atoms with Crippen LogP contribution in [0.15, 0.2) is 30.5 Å². The number of aromatic nitrogens is 1. The van der Waals surface area contributed by atoms with Gasteiger partial charge in [-0.1, -0.05) is 12.1 Å². The molecule has 0 spiro atoms. The van der Waals surface area contributed by atoms with Gasteiger partial charge in [0, 0.05) is 11.6 Å². The van der Waals surface area contributed by atoms with Crippen molar-refractivity contribution < 1.29 is 8.42 Å². The average molecular weight is 209 g/mol. The second-order valence-electron chi connectivity index (χ2n) is 3.38. The SMILES string of the molecule is Cc1cccc2c1ccn2S(C)(=O)=O. The van der Waals surface area contributed by atoms with Crippen LogP contribution in [0.2, 0.25) is 0 Å². The van der Waals surface area contributed by atoms with Crippen molar-refractivity contribution in [2.75, 3.05) is 6.26 Å². The summed E-state index contributed by atoms with van der Waals surface area (Å²) in [4.78, 5) is 0. The first-order valence-corrected chi connectivity index (χ1v) is 6.12. The van der Waals surface area contributed by atoms with Gasteiger partial charge in [-0.2, -0.15) is 0 Å². The zero-order valence-corrected chi connectivity index (χ0v) is 8.88. The van der Waals surface area contributed by atoms with E-state index >= 15 is 0 Å². The Kier molecular flexibility index (Phi) is 1.89. The summed E-state index contributed by atoms with van der Waals surface area (Å²) >= 11 is 0. The molecule has 0 atom stereocenters. The van der Waals surface area contributed by atoms with Crippen molar-refractivity contribution in [2.45, 2.75) is 6.92 Å². The van der Waals surface area contributed by atoms with Crippen molar-refractivity contribution in [3.8, 4) is 0 Å². The largest absolute Gasteiger partial charge is 0.245 e. The van der Waals surface area contributed by atoms with Crippen molar-refractivity contribution in [1.82, 2.24) is 3.97 Å². The van der Waals surface area contributed by atoms with Gasteiger partial charge in [0.2, 0.25) is 10.0 Å². The highest BCUT2D eigenvalue weighted by Crippen LogP contribution is 2.20. The maximum atomic E-state index is 11.4. The van der Waals surface area contributed by atoms with Gasteiger partial charge >= 0.3 is 0 Å². The van der Waals surface area contributed by atoms with Gasteiger partial charge in [0.15, 0.2) is 0 Å². The molecular weight excluding hydrogens is 198 g/mol. The van der Waals surface area contributed by atoms with Crippen LogP contribution in [0.25, 0.3) is 10.9 Å². The lowest BCUT2D eigenvalue weighted by Crippen LogP contribution is -2.07. The molecule has 0 radical (unpaired) electrons. The topological polar surface area (TPSA) is 39.1 Å². The number of benzene rings is 1. The van der Waals surface area contributed by atoms with E-state index in [4.69, 9.17) is 0 Å². The Bertz CT molecular complexity index is 581. The third kappa shape index (κ3) is 1.32. The molecule has 2 aromatic rings. The number of rotatable bonds is 1. The summed E-state index contributed by atoms with van der Waals surface area (Å²) in [5.41, 5.74) is 1.83. The molecule has 0 saturated carbocycles. The van der Waals surface area contributed by atoms with Crippen molar-refractivity contribution in [2.24, 2.45) is 0 Å². The van der Waals surface area contributed by atoms with Crippen LogP contribution < -0.4 is 0 Å². The zero-order chi connectivity index (χ0) is 10.3. The van der Waals surface area contributed by atoms with E-state index < -0.39 is 10.0 Å². The van der Waals surface area contributed by atoms with E-state index in [0.29, 0.717) is 0 Å². The molecule has 1 aromatic heterocycles. The van der Waals surface area contributed by atoms with Gasteiger partial charge in [-0.15, -0.1) is 0 Å². The number of aryl methyl sites for hydroxylation is 1. The van der Waals surface area contributed by atoms with Gasteiger partial charge in [0.1, 0.15) is 0 Å². The molecule has 14 heavy (non-hydrogen) atoms. The molecule has 3 nitrogen and oxygen atoms in total. The molecular formula is C10H11NO2S. The summed E-state index contributed by atoms with van der Waals surface area (Å²) in [6, 6.07) is 7.46. The van der Waals surface area contributed by atoms with E-state index in [-0.39, 0.29) is 0 Å². The fourth-order valence-electron chi connectivity index (χ4n) is 1.59. The standard InChI is InChI=1S/C10H11NO2S/c1-8-4-3-5-10-9(8)6-7-11(10)14(2,12)13/h3-7H,1-2H3. The predicted molar refractivity (Wildman–Crippen MR) is 56.9 cm³/mol. The first-order valence-electron chi connectivity index (χ1n) is 4.27. The Balaban J connectivity index is 2.90. The Hall–Kier alpha value is -1.29. The van der Waals surface area contributed by atoms with E-state index in [1.54, 1.807) is 6.20 Å². The molecule has 4 heteroatoms. The Morgan fingerprint density at radius 1 is 1.21 bits per heavy atom. The lowest BCUT2D eigenvalue weighted by atomic mass is 10.1. The third-order valence-corrected chi connectivity index (χ3v) is 3.31. The first kappa shape index (κ1) is 9.27. The summed E-state index contributed by atoms with van der Waals surface area (Å²) in [7, 11) is -3.19. The minimum Gasteiger partial charge on any atom is -0.245 e. The summed E-state index contributed by atoms with van der Waals surface area (Å²) in [5.74, 6) is 0. The molecule has 0 aliphatic rings. The lowest BCUT2D eigenvalue weighted by molar-refractivity contribution is 0.595. The van der Waals surface area contributed by atoms with Crippen LogP contribution in [-0.4, -0.2) is 18.6 Å². The lowest BCUT2D eigenvalue weighted by Gasteiger charge is -2.02. The van der Waals surface area contributed by atoms with E-state index in [1.165, 1.54) is 10.2 Å². The third-order valence-electron chi connectivity index (χ3n) is 2.27. The van der Waals surface area contributed by atoms with Crippen LogP contribution in [0.5, 0.6) is 0 Å². The van der Waals surface area contributed by atoms with Crippen molar-refractivity contribution >= 4 is 20.9 Å². The molecule has 0 saturated heterocycles. The summed E-state index contributed by atoms with van der Waals surface area (Å²) < 4.78 is 24.1. The maximum Gasteiger partial charge on any atom is 0.236 e. The molecule has 0 aliphatic carbocycles. The van der Waals surface area contributed by atoms with Gasteiger partial charge < -0.3 is 0 Å². The highest BCUT2D eigenvalue weighted by atomic mass is 32.2. The number of hydrogen-bond donors (Lipinski definition) is 0. The summed E-state index contributed by atoms with van der Waals surface area (Å²) in [6.45, 7) is 1.97. The van der Waals surface area contributed by atoms with Gasteiger partial charge in [-0.05, 0) is 24.6 Å². The molecule has 0 N–H and O–H groups in total. The van der Waals surface area contributed by atoms with Gasteiger partial charge in [0.25, 0.3) is 0 Å². The minimum absolute atomic E-state index is 0.743. The van der Waals surface area contributed by atoms with E-state index in [9.17, 15) is 8.42 Å². The maximum absolute atomic E-state index is 11.4. The minimum atomic E-state index is -3.19. The Morgan fingerprint density at radius 2 is 1.93 bits per heavy atom. The average Bonchev–Trinajstić information content (AvgIpc) is 2.47.